The minimum atomic E-state index is -0.0790. The third kappa shape index (κ3) is 5.28. The molecule has 0 saturated carbocycles. The largest absolute Gasteiger partial charge is 0.388 e. The lowest BCUT2D eigenvalue weighted by Gasteiger charge is -2.23. The molecular weight excluding hydrogens is 242 g/mol. The number of hydrogen-bond acceptors (Lipinski definition) is 4. The van der Waals surface area contributed by atoms with E-state index in [0.29, 0.717) is 30.3 Å². The second kappa shape index (κ2) is 7.01. The van der Waals surface area contributed by atoms with E-state index in [-0.39, 0.29) is 6.61 Å². The first-order valence-corrected chi connectivity index (χ1v) is 6.88. The van der Waals surface area contributed by atoms with Gasteiger partial charge in [0.2, 0.25) is 0 Å². The highest BCUT2D eigenvalue weighted by Crippen LogP contribution is 2.26. The second-order valence-corrected chi connectivity index (χ2v) is 6.41. The van der Waals surface area contributed by atoms with Gasteiger partial charge in [-0.3, -0.25) is 0 Å². The zero-order chi connectivity index (χ0) is 14.5. The number of methoxy groups -OCH3 is 1. The summed E-state index contributed by atoms with van der Waals surface area (Å²) in [6.45, 7) is 10.2. The summed E-state index contributed by atoms with van der Waals surface area (Å²) in [5, 5.41) is 17.5. The SMILES string of the molecule is COCCn1c(CO)nnc1CC(C)CC(C)(C)C. The molecule has 0 aromatic carbocycles. The van der Waals surface area contributed by atoms with Crippen LogP contribution in [-0.2, 0) is 24.3 Å². The van der Waals surface area contributed by atoms with Crippen LogP contribution in [0, 0.1) is 11.3 Å². The highest BCUT2D eigenvalue weighted by Gasteiger charge is 2.19. The average molecular weight is 269 g/mol. The van der Waals surface area contributed by atoms with Crippen LogP contribution in [0.5, 0.6) is 0 Å². The summed E-state index contributed by atoms with van der Waals surface area (Å²) in [4.78, 5) is 0. The third-order valence-electron chi connectivity index (χ3n) is 3.06. The molecule has 0 radical (unpaired) electrons. The molecule has 0 aliphatic heterocycles. The lowest BCUT2D eigenvalue weighted by molar-refractivity contribution is 0.181. The predicted octanol–water partition coefficient (Wildman–Crippen LogP) is 2.03. The van der Waals surface area contributed by atoms with Crippen molar-refractivity contribution in [3.05, 3.63) is 11.6 Å². The van der Waals surface area contributed by atoms with Gasteiger partial charge in [-0.15, -0.1) is 10.2 Å². The average Bonchev–Trinajstić information content (AvgIpc) is 2.66. The van der Waals surface area contributed by atoms with Gasteiger partial charge in [-0.05, 0) is 17.8 Å². The number of aliphatic hydroxyl groups excluding tert-OH is 1. The van der Waals surface area contributed by atoms with Crippen molar-refractivity contribution in [1.82, 2.24) is 14.8 Å². The van der Waals surface area contributed by atoms with Crippen LogP contribution >= 0.6 is 0 Å². The van der Waals surface area contributed by atoms with Crippen LogP contribution in [0.2, 0.25) is 0 Å². The van der Waals surface area contributed by atoms with Crippen molar-refractivity contribution in [3.8, 4) is 0 Å². The molecule has 110 valence electrons. The van der Waals surface area contributed by atoms with Crippen molar-refractivity contribution in [3.63, 3.8) is 0 Å². The summed E-state index contributed by atoms with van der Waals surface area (Å²) in [6.07, 6.45) is 2.02. The Balaban J connectivity index is 2.74. The lowest BCUT2D eigenvalue weighted by atomic mass is 9.84. The van der Waals surface area contributed by atoms with Crippen LogP contribution in [0.15, 0.2) is 0 Å². The summed E-state index contributed by atoms with van der Waals surface area (Å²) in [5.41, 5.74) is 0.316. The molecule has 0 fully saturated rings. The Morgan fingerprint density at radius 3 is 2.42 bits per heavy atom. The molecule has 1 N–H and O–H groups in total. The molecule has 0 spiro atoms. The van der Waals surface area contributed by atoms with Gasteiger partial charge in [0.15, 0.2) is 5.82 Å². The van der Waals surface area contributed by atoms with E-state index in [2.05, 4.69) is 37.9 Å². The van der Waals surface area contributed by atoms with E-state index >= 15 is 0 Å². The molecule has 5 nitrogen and oxygen atoms in total. The number of aromatic nitrogens is 3. The molecule has 0 aliphatic carbocycles. The maximum atomic E-state index is 9.29. The Morgan fingerprint density at radius 2 is 1.89 bits per heavy atom. The molecule has 19 heavy (non-hydrogen) atoms. The molecule has 1 atom stereocenters. The van der Waals surface area contributed by atoms with E-state index in [1.165, 1.54) is 0 Å². The minimum absolute atomic E-state index is 0.0790. The summed E-state index contributed by atoms with van der Waals surface area (Å²) in [6, 6.07) is 0. The summed E-state index contributed by atoms with van der Waals surface area (Å²) in [5.74, 6) is 2.10. The Labute approximate surface area is 116 Å². The molecule has 1 heterocycles. The van der Waals surface area contributed by atoms with E-state index in [0.717, 1.165) is 18.7 Å². The molecule has 1 aromatic heterocycles. The summed E-state index contributed by atoms with van der Waals surface area (Å²) in [7, 11) is 1.67. The van der Waals surface area contributed by atoms with Crippen molar-refractivity contribution >= 4 is 0 Å². The van der Waals surface area contributed by atoms with E-state index < -0.39 is 0 Å². The normalized spacial score (nSPS) is 13.8. The van der Waals surface area contributed by atoms with Crippen molar-refractivity contribution in [2.24, 2.45) is 11.3 Å². The number of hydrogen-bond donors (Lipinski definition) is 1. The van der Waals surface area contributed by atoms with E-state index in [1.807, 2.05) is 4.57 Å². The monoisotopic (exact) mass is 269 g/mol. The Morgan fingerprint density at radius 1 is 1.26 bits per heavy atom. The van der Waals surface area contributed by atoms with Gasteiger partial charge in [-0.2, -0.15) is 0 Å². The van der Waals surface area contributed by atoms with Crippen molar-refractivity contribution in [1.29, 1.82) is 0 Å². The number of rotatable bonds is 7. The summed E-state index contributed by atoms with van der Waals surface area (Å²) >= 11 is 0. The molecule has 1 rings (SSSR count). The standard InChI is InChI=1S/C14H27N3O2/c1-11(9-14(2,3)4)8-12-15-16-13(10-18)17(12)6-7-19-5/h11,18H,6-10H2,1-5H3. The first-order valence-electron chi connectivity index (χ1n) is 6.88. The Bertz CT molecular complexity index is 383. The van der Waals surface area contributed by atoms with Crippen molar-refractivity contribution in [2.45, 2.75) is 53.7 Å². The molecule has 0 aliphatic rings. The smallest absolute Gasteiger partial charge is 0.158 e. The van der Waals surface area contributed by atoms with Gasteiger partial charge in [-0.25, -0.2) is 0 Å². The molecular formula is C14H27N3O2. The van der Waals surface area contributed by atoms with Crippen molar-refractivity contribution in [2.75, 3.05) is 13.7 Å². The molecule has 1 unspecified atom stereocenters. The van der Waals surface area contributed by atoms with Gasteiger partial charge in [0.25, 0.3) is 0 Å². The summed E-state index contributed by atoms with van der Waals surface area (Å²) < 4.78 is 7.07. The highest BCUT2D eigenvalue weighted by atomic mass is 16.5. The van der Waals surface area contributed by atoms with Crippen LogP contribution in [0.3, 0.4) is 0 Å². The fraction of sp³-hybridized carbons (Fsp3) is 0.857. The van der Waals surface area contributed by atoms with Crippen LogP contribution in [0.4, 0.5) is 0 Å². The molecule has 5 heteroatoms. The van der Waals surface area contributed by atoms with E-state index in [1.54, 1.807) is 7.11 Å². The van der Waals surface area contributed by atoms with Crippen LogP contribution in [-0.4, -0.2) is 33.6 Å². The Hall–Kier alpha value is -0.940. The van der Waals surface area contributed by atoms with Gasteiger partial charge in [-0.1, -0.05) is 27.7 Å². The first-order chi connectivity index (χ1) is 8.87. The zero-order valence-electron chi connectivity index (χ0n) is 12.8. The topological polar surface area (TPSA) is 60.2 Å². The first kappa shape index (κ1) is 16.1. The van der Waals surface area contributed by atoms with E-state index in [4.69, 9.17) is 4.74 Å². The van der Waals surface area contributed by atoms with Gasteiger partial charge in [0.05, 0.1) is 6.61 Å². The molecule has 0 bridgehead atoms. The van der Waals surface area contributed by atoms with Gasteiger partial charge in [0.1, 0.15) is 12.4 Å². The Kier molecular flexibility index (Phi) is 5.94. The molecule has 0 amide bonds. The van der Waals surface area contributed by atoms with Crippen LogP contribution in [0.25, 0.3) is 0 Å². The van der Waals surface area contributed by atoms with Gasteiger partial charge in [0, 0.05) is 20.1 Å². The fourth-order valence-electron chi connectivity index (χ4n) is 2.51. The third-order valence-corrected chi connectivity index (χ3v) is 3.06. The maximum Gasteiger partial charge on any atom is 0.158 e. The number of nitrogens with zero attached hydrogens (tertiary/aromatic N) is 3. The predicted molar refractivity (Wildman–Crippen MR) is 74.8 cm³/mol. The van der Waals surface area contributed by atoms with Crippen LogP contribution in [0.1, 0.15) is 45.8 Å². The van der Waals surface area contributed by atoms with Crippen molar-refractivity contribution < 1.29 is 9.84 Å². The zero-order valence-corrected chi connectivity index (χ0v) is 12.8. The number of aliphatic hydroxyl groups is 1. The van der Waals surface area contributed by atoms with Gasteiger partial charge < -0.3 is 14.4 Å². The van der Waals surface area contributed by atoms with Gasteiger partial charge >= 0.3 is 0 Å². The maximum absolute atomic E-state index is 9.29. The molecule has 0 saturated heterocycles. The fourth-order valence-corrected chi connectivity index (χ4v) is 2.51. The van der Waals surface area contributed by atoms with Crippen LogP contribution < -0.4 is 0 Å². The lowest BCUT2D eigenvalue weighted by Crippen LogP contribution is -2.17. The minimum Gasteiger partial charge on any atom is -0.388 e. The second-order valence-electron chi connectivity index (χ2n) is 6.41. The molecule has 1 aromatic rings. The number of ether oxygens (including phenoxy) is 1. The van der Waals surface area contributed by atoms with E-state index in [9.17, 15) is 5.11 Å². The highest BCUT2D eigenvalue weighted by molar-refractivity contribution is 4.96. The quantitative estimate of drug-likeness (QED) is 0.823.